The van der Waals surface area contributed by atoms with Gasteiger partial charge in [0.15, 0.2) is 5.16 Å². The Kier molecular flexibility index (Phi) is 6.25. The Morgan fingerprint density at radius 2 is 2.17 bits per heavy atom. The number of benzene rings is 1. The maximum atomic E-state index is 12.2. The van der Waals surface area contributed by atoms with Crippen LogP contribution in [0, 0.1) is 6.92 Å². The summed E-state index contributed by atoms with van der Waals surface area (Å²) in [6.45, 7) is 6.18. The van der Waals surface area contributed by atoms with E-state index >= 15 is 0 Å². The zero-order chi connectivity index (χ0) is 17.5. The molecule has 1 N–H and O–H groups in total. The summed E-state index contributed by atoms with van der Waals surface area (Å²) in [5.74, 6) is 2.03. The van der Waals surface area contributed by atoms with Crippen molar-refractivity contribution < 1.29 is 14.3 Å². The van der Waals surface area contributed by atoms with E-state index < -0.39 is 0 Å². The van der Waals surface area contributed by atoms with E-state index in [-0.39, 0.29) is 11.7 Å². The number of ether oxygens (including phenoxy) is 2. The maximum absolute atomic E-state index is 12.2. The van der Waals surface area contributed by atoms with Gasteiger partial charge in [-0.2, -0.15) is 0 Å². The smallest absolute Gasteiger partial charge is 0.234 e. The maximum Gasteiger partial charge on any atom is 0.234 e. The number of carbonyl (C=O) groups is 1. The third-order valence-electron chi connectivity index (χ3n) is 3.23. The van der Waals surface area contributed by atoms with Crippen LogP contribution >= 0.6 is 11.8 Å². The molecule has 1 amide bonds. The van der Waals surface area contributed by atoms with E-state index in [1.54, 1.807) is 38.5 Å². The molecule has 2 aromatic rings. The molecular weight excluding hydrogens is 328 g/mol. The largest absolute Gasteiger partial charge is 0.497 e. The van der Waals surface area contributed by atoms with Crippen LogP contribution in [0.3, 0.4) is 0 Å². The average Bonchev–Trinajstić information content (AvgIpc) is 2.93. The van der Waals surface area contributed by atoms with Gasteiger partial charge < -0.3 is 19.4 Å². The van der Waals surface area contributed by atoms with E-state index in [4.69, 9.17) is 9.47 Å². The van der Waals surface area contributed by atoms with Gasteiger partial charge in [0.25, 0.3) is 0 Å². The number of rotatable bonds is 8. The van der Waals surface area contributed by atoms with Crippen LogP contribution in [0.4, 0.5) is 5.69 Å². The first-order valence-corrected chi connectivity index (χ1v) is 8.23. The summed E-state index contributed by atoms with van der Waals surface area (Å²) in [6, 6.07) is 5.22. The SMILES string of the molecule is C=CCn1c(C)nnc1SCC(=O)Nc1cc(OC)ccc1OC. The topological polar surface area (TPSA) is 78.3 Å². The van der Waals surface area contributed by atoms with Crippen molar-refractivity contribution in [3.63, 3.8) is 0 Å². The molecule has 0 fully saturated rings. The van der Waals surface area contributed by atoms with Gasteiger partial charge in [0.1, 0.15) is 17.3 Å². The van der Waals surface area contributed by atoms with Crippen molar-refractivity contribution in [2.24, 2.45) is 0 Å². The molecular formula is C16H20N4O3S. The lowest BCUT2D eigenvalue weighted by atomic mass is 10.2. The minimum Gasteiger partial charge on any atom is -0.497 e. The summed E-state index contributed by atoms with van der Waals surface area (Å²) < 4.78 is 12.3. The number of nitrogens with one attached hydrogen (secondary N) is 1. The first kappa shape index (κ1) is 17.9. The van der Waals surface area contributed by atoms with E-state index in [1.165, 1.54) is 11.8 Å². The van der Waals surface area contributed by atoms with Crippen LogP contribution in [0.1, 0.15) is 5.82 Å². The van der Waals surface area contributed by atoms with Gasteiger partial charge in [0.05, 0.1) is 25.7 Å². The molecule has 0 saturated heterocycles. The molecule has 0 unspecified atom stereocenters. The van der Waals surface area contributed by atoms with Crippen LogP contribution in [0.2, 0.25) is 0 Å². The molecule has 2 rings (SSSR count). The van der Waals surface area contributed by atoms with Crippen LogP contribution in [0.25, 0.3) is 0 Å². The molecule has 0 bridgehead atoms. The Bertz CT molecular complexity index is 730. The number of nitrogens with zero attached hydrogens (tertiary/aromatic N) is 3. The molecule has 0 atom stereocenters. The molecule has 1 aromatic carbocycles. The number of thioether (sulfide) groups is 1. The standard InChI is InChI=1S/C16H20N4O3S/c1-5-8-20-11(2)18-19-16(20)24-10-15(21)17-13-9-12(22-3)6-7-14(13)23-4/h5-7,9H,1,8,10H2,2-4H3,(H,17,21). The zero-order valence-corrected chi connectivity index (χ0v) is 14.7. The van der Waals surface area contributed by atoms with E-state index in [0.717, 1.165) is 5.82 Å². The van der Waals surface area contributed by atoms with E-state index in [9.17, 15) is 4.79 Å². The fourth-order valence-electron chi connectivity index (χ4n) is 2.04. The first-order valence-electron chi connectivity index (χ1n) is 7.24. The summed E-state index contributed by atoms with van der Waals surface area (Å²) in [7, 11) is 3.12. The van der Waals surface area contributed by atoms with Gasteiger partial charge in [0, 0.05) is 12.6 Å². The van der Waals surface area contributed by atoms with Crippen molar-refractivity contribution in [1.29, 1.82) is 0 Å². The summed E-state index contributed by atoms with van der Waals surface area (Å²) in [6.07, 6.45) is 1.77. The Hall–Kier alpha value is -2.48. The highest BCUT2D eigenvalue weighted by molar-refractivity contribution is 7.99. The number of allylic oxidation sites excluding steroid dienone is 1. The van der Waals surface area contributed by atoms with Gasteiger partial charge in [-0.15, -0.1) is 16.8 Å². The summed E-state index contributed by atoms with van der Waals surface area (Å²) >= 11 is 1.32. The second-order valence-corrected chi connectivity index (χ2v) is 5.77. The molecule has 0 aliphatic heterocycles. The van der Waals surface area contributed by atoms with E-state index in [1.807, 2.05) is 11.5 Å². The van der Waals surface area contributed by atoms with Crippen LogP contribution in [0.15, 0.2) is 36.0 Å². The van der Waals surface area contributed by atoms with Crippen molar-refractivity contribution in [3.8, 4) is 11.5 Å². The third-order valence-corrected chi connectivity index (χ3v) is 4.19. The highest BCUT2D eigenvalue weighted by atomic mass is 32.2. The number of hydrogen-bond acceptors (Lipinski definition) is 6. The summed E-state index contributed by atoms with van der Waals surface area (Å²) in [4.78, 5) is 12.2. The average molecular weight is 348 g/mol. The lowest BCUT2D eigenvalue weighted by Gasteiger charge is -2.11. The second kappa shape index (κ2) is 8.39. The van der Waals surface area contributed by atoms with Gasteiger partial charge >= 0.3 is 0 Å². The number of anilines is 1. The van der Waals surface area contributed by atoms with Crippen molar-refractivity contribution in [2.75, 3.05) is 25.3 Å². The predicted octanol–water partition coefficient (Wildman–Crippen LogP) is 2.52. The first-order chi connectivity index (χ1) is 11.6. The molecule has 24 heavy (non-hydrogen) atoms. The van der Waals surface area contributed by atoms with Crippen LogP contribution < -0.4 is 14.8 Å². The molecule has 0 radical (unpaired) electrons. The van der Waals surface area contributed by atoms with Gasteiger partial charge in [-0.05, 0) is 19.1 Å². The molecule has 1 heterocycles. The Balaban J connectivity index is 2.03. The Morgan fingerprint density at radius 1 is 1.38 bits per heavy atom. The zero-order valence-electron chi connectivity index (χ0n) is 13.9. The van der Waals surface area contributed by atoms with Crippen LogP contribution in [-0.2, 0) is 11.3 Å². The number of amides is 1. The fraction of sp³-hybridized carbons (Fsp3) is 0.312. The highest BCUT2D eigenvalue weighted by Gasteiger charge is 2.13. The fourth-order valence-corrected chi connectivity index (χ4v) is 2.83. The van der Waals surface area contributed by atoms with Crippen molar-refractivity contribution in [3.05, 3.63) is 36.7 Å². The molecule has 8 heteroatoms. The van der Waals surface area contributed by atoms with Crippen molar-refractivity contribution in [1.82, 2.24) is 14.8 Å². The van der Waals surface area contributed by atoms with Gasteiger partial charge in [-0.25, -0.2) is 0 Å². The number of hydrogen-bond donors (Lipinski definition) is 1. The number of aryl methyl sites for hydroxylation is 1. The molecule has 0 aliphatic carbocycles. The molecule has 0 aliphatic rings. The minimum atomic E-state index is -0.169. The molecule has 0 spiro atoms. The number of carbonyl (C=O) groups excluding carboxylic acids is 1. The van der Waals surface area contributed by atoms with Gasteiger partial charge in [-0.1, -0.05) is 17.8 Å². The van der Waals surface area contributed by atoms with Crippen LogP contribution in [-0.4, -0.2) is 40.6 Å². The van der Waals surface area contributed by atoms with E-state index in [0.29, 0.717) is 28.9 Å². The molecule has 7 nitrogen and oxygen atoms in total. The van der Waals surface area contributed by atoms with Crippen molar-refractivity contribution in [2.45, 2.75) is 18.6 Å². The highest BCUT2D eigenvalue weighted by Crippen LogP contribution is 2.29. The number of aromatic nitrogens is 3. The minimum absolute atomic E-state index is 0.169. The monoisotopic (exact) mass is 348 g/mol. The van der Waals surface area contributed by atoms with E-state index in [2.05, 4.69) is 22.1 Å². The molecule has 0 saturated carbocycles. The lowest BCUT2D eigenvalue weighted by Crippen LogP contribution is -2.15. The quantitative estimate of drug-likeness (QED) is 0.583. The second-order valence-electron chi connectivity index (χ2n) is 4.83. The Labute approximate surface area is 145 Å². The van der Waals surface area contributed by atoms with Crippen molar-refractivity contribution >= 4 is 23.4 Å². The molecule has 128 valence electrons. The third kappa shape index (κ3) is 4.29. The lowest BCUT2D eigenvalue weighted by molar-refractivity contribution is -0.113. The summed E-state index contributed by atoms with van der Waals surface area (Å²) in [5, 5.41) is 11.6. The molecule has 1 aromatic heterocycles. The van der Waals surface area contributed by atoms with Gasteiger partial charge in [-0.3, -0.25) is 4.79 Å². The number of methoxy groups -OCH3 is 2. The predicted molar refractivity (Wildman–Crippen MR) is 93.9 cm³/mol. The Morgan fingerprint density at radius 3 is 2.83 bits per heavy atom. The van der Waals surface area contributed by atoms with Gasteiger partial charge in [0.2, 0.25) is 5.91 Å². The van der Waals surface area contributed by atoms with Crippen LogP contribution in [0.5, 0.6) is 11.5 Å². The normalized spacial score (nSPS) is 10.3. The summed E-state index contributed by atoms with van der Waals surface area (Å²) in [5.41, 5.74) is 0.561.